The molecule has 0 spiro atoms. The SMILES string of the molecule is O=C(c1ncccc1O)N1CC(Oc2ccccc2F)C1. The second-order valence-corrected chi connectivity index (χ2v) is 4.75. The van der Waals surface area contributed by atoms with E-state index in [1.54, 1.807) is 24.3 Å². The standard InChI is InChI=1S/C15H13FN2O3/c16-11-4-1-2-6-13(11)21-10-8-18(9-10)15(20)14-12(19)5-3-7-17-14/h1-7,10,19H,8-9H2. The van der Waals surface area contributed by atoms with Crippen molar-refractivity contribution in [2.24, 2.45) is 0 Å². The second-order valence-electron chi connectivity index (χ2n) is 4.75. The lowest BCUT2D eigenvalue weighted by molar-refractivity contribution is 0.0157. The van der Waals surface area contributed by atoms with Crippen molar-refractivity contribution in [3.8, 4) is 11.5 Å². The topological polar surface area (TPSA) is 62.7 Å². The highest BCUT2D eigenvalue weighted by Gasteiger charge is 2.34. The minimum Gasteiger partial charge on any atom is -0.505 e. The lowest BCUT2D eigenvalue weighted by atomic mass is 10.1. The number of nitrogens with zero attached hydrogens (tertiary/aromatic N) is 2. The van der Waals surface area contributed by atoms with Crippen molar-refractivity contribution < 1.29 is 19.0 Å². The van der Waals surface area contributed by atoms with Crippen molar-refractivity contribution in [1.82, 2.24) is 9.88 Å². The normalized spacial score (nSPS) is 14.6. The highest BCUT2D eigenvalue weighted by molar-refractivity contribution is 5.95. The number of hydrogen-bond acceptors (Lipinski definition) is 4. The molecule has 108 valence electrons. The first-order valence-electron chi connectivity index (χ1n) is 6.49. The Balaban J connectivity index is 1.60. The number of rotatable bonds is 3. The Morgan fingerprint density at radius 3 is 2.76 bits per heavy atom. The molecule has 0 unspecified atom stereocenters. The van der Waals surface area contributed by atoms with Crippen LogP contribution in [-0.2, 0) is 0 Å². The zero-order chi connectivity index (χ0) is 14.8. The number of halogens is 1. The molecule has 1 fully saturated rings. The van der Waals surface area contributed by atoms with Crippen LogP contribution in [0.2, 0.25) is 0 Å². The smallest absolute Gasteiger partial charge is 0.276 e. The molecule has 0 radical (unpaired) electrons. The van der Waals surface area contributed by atoms with Crippen LogP contribution in [0.25, 0.3) is 0 Å². The fourth-order valence-corrected chi connectivity index (χ4v) is 2.11. The average Bonchev–Trinajstić information content (AvgIpc) is 2.44. The van der Waals surface area contributed by atoms with Crippen LogP contribution in [0.1, 0.15) is 10.5 Å². The Morgan fingerprint density at radius 2 is 2.05 bits per heavy atom. The minimum atomic E-state index is -0.426. The van der Waals surface area contributed by atoms with Gasteiger partial charge in [0.05, 0.1) is 13.1 Å². The zero-order valence-electron chi connectivity index (χ0n) is 11.1. The molecule has 1 aliphatic heterocycles. The number of para-hydroxylation sites is 1. The maximum atomic E-state index is 13.4. The summed E-state index contributed by atoms with van der Waals surface area (Å²) in [6.45, 7) is 0.673. The molecule has 1 aromatic heterocycles. The minimum absolute atomic E-state index is 0.0156. The molecule has 0 atom stereocenters. The van der Waals surface area contributed by atoms with Gasteiger partial charge in [0.2, 0.25) is 0 Å². The molecule has 0 bridgehead atoms. The Labute approximate surface area is 120 Å². The number of pyridine rings is 1. The number of ether oxygens (including phenoxy) is 1. The van der Waals surface area contributed by atoms with E-state index in [-0.39, 0.29) is 29.2 Å². The van der Waals surface area contributed by atoms with Gasteiger partial charge in [0.15, 0.2) is 17.3 Å². The van der Waals surface area contributed by atoms with Crippen LogP contribution in [0.5, 0.6) is 11.5 Å². The molecular weight excluding hydrogens is 275 g/mol. The summed E-state index contributed by atoms with van der Waals surface area (Å²) in [6, 6.07) is 9.10. The fraction of sp³-hybridized carbons (Fsp3) is 0.200. The van der Waals surface area contributed by atoms with E-state index < -0.39 is 5.82 Å². The number of aromatic hydroxyl groups is 1. The third-order valence-electron chi connectivity index (χ3n) is 3.25. The van der Waals surface area contributed by atoms with Crippen LogP contribution in [0.3, 0.4) is 0 Å². The summed E-state index contributed by atoms with van der Waals surface area (Å²) in [5.41, 5.74) is 0.0156. The van der Waals surface area contributed by atoms with Crippen molar-refractivity contribution in [2.45, 2.75) is 6.10 Å². The molecule has 6 heteroatoms. The second kappa shape index (κ2) is 5.40. The first-order chi connectivity index (χ1) is 10.1. The number of carbonyl (C=O) groups excluding carboxylic acids is 1. The predicted octanol–water partition coefficient (Wildman–Crippen LogP) is 1.83. The summed E-state index contributed by atoms with van der Waals surface area (Å²) in [4.78, 5) is 17.4. The van der Waals surface area contributed by atoms with Crippen LogP contribution >= 0.6 is 0 Å². The van der Waals surface area contributed by atoms with Gasteiger partial charge in [-0.2, -0.15) is 0 Å². The summed E-state index contributed by atoms with van der Waals surface area (Å²) in [5, 5.41) is 9.60. The summed E-state index contributed by atoms with van der Waals surface area (Å²) in [5.74, 6) is -0.762. The number of likely N-dealkylation sites (tertiary alicyclic amines) is 1. The Morgan fingerprint density at radius 1 is 1.29 bits per heavy atom. The zero-order valence-corrected chi connectivity index (χ0v) is 11.1. The van der Waals surface area contributed by atoms with Gasteiger partial charge in [-0.25, -0.2) is 9.37 Å². The summed E-state index contributed by atoms with van der Waals surface area (Å²) >= 11 is 0. The van der Waals surface area contributed by atoms with Gasteiger partial charge in [-0.3, -0.25) is 4.79 Å². The van der Waals surface area contributed by atoms with E-state index in [1.165, 1.54) is 23.2 Å². The van der Waals surface area contributed by atoms with Gasteiger partial charge in [0.1, 0.15) is 11.9 Å². The van der Waals surface area contributed by atoms with E-state index in [9.17, 15) is 14.3 Å². The van der Waals surface area contributed by atoms with E-state index in [0.717, 1.165) is 0 Å². The molecule has 2 aromatic rings. The van der Waals surface area contributed by atoms with Gasteiger partial charge in [0, 0.05) is 6.20 Å². The molecule has 1 aliphatic rings. The quantitative estimate of drug-likeness (QED) is 0.936. The molecule has 1 saturated heterocycles. The third-order valence-corrected chi connectivity index (χ3v) is 3.25. The van der Waals surface area contributed by atoms with Crippen LogP contribution in [-0.4, -0.2) is 40.1 Å². The van der Waals surface area contributed by atoms with Gasteiger partial charge in [-0.1, -0.05) is 12.1 Å². The van der Waals surface area contributed by atoms with Gasteiger partial charge >= 0.3 is 0 Å². The number of carbonyl (C=O) groups is 1. The maximum absolute atomic E-state index is 13.4. The monoisotopic (exact) mass is 288 g/mol. The van der Waals surface area contributed by atoms with Gasteiger partial charge < -0.3 is 14.7 Å². The lowest BCUT2D eigenvalue weighted by Crippen LogP contribution is -2.56. The summed E-state index contributed by atoms with van der Waals surface area (Å²) in [7, 11) is 0. The molecule has 1 amide bonds. The molecule has 0 saturated carbocycles. The molecule has 1 N–H and O–H groups in total. The molecule has 21 heavy (non-hydrogen) atoms. The van der Waals surface area contributed by atoms with Crippen LogP contribution in [0, 0.1) is 5.82 Å². The van der Waals surface area contributed by atoms with Crippen molar-refractivity contribution >= 4 is 5.91 Å². The van der Waals surface area contributed by atoms with Crippen molar-refractivity contribution in [1.29, 1.82) is 0 Å². The molecular formula is C15H13FN2O3. The van der Waals surface area contributed by atoms with Crippen molar-refractivity contribution in [2.75, 3.05) is 13.1 Å². The third kappa shape index (κ3) is 2.65. The van der Waals surface area contributed by atoms with Crippen LogP contribution < -0.4 is 4.74 Å². The van der Waals surface area contributed by atoms with Crippen LogP contribution in [0.15, 0.2) is 42.6 Å². The number of aromatic nitrogens is 1. The maximum Gasteiger partial charge on any atom is 0.276 e. The molecule has 2 heterocycles. The number of hydrogen-bond donors (Lipinski definition) is 1. The van der Waals surface area contributed by atoms with Gasteiger partial charge in [-0.05, 0) is 24.3 Å². The number of amides is 1. The molecule has 5 nitrogen and oxygen atoms in total. The Kier molecular flexibility index (Phi) is 3.43. The van der Waals surface area contributed by atoms with Gasteiger partial charge in [0.25, 0.3) is 5.91 Å². The molecule has 0 aliphatic carbocycles. The van der Waals surface area contributed by atoms with E-state index in [4.69, 9.17) is 4.74 Å². The fourth-order valence-electron chi connectivity index (χ4n) is 2.11. The highest BCUT2D eigenvalue weighted by atomic mass is 19.1. The average molecular weight is 288 g/mol. The van der Waals surface area contributed by atoms with Crippen molar-refractivity contribution in [3.05, 3.63) is 54.1 Å². The Hall–Kier alpha value is -2.63. The van der Waals surface area contributed by atoms with Crippen LogP contribution in [0.4, 0.5) is 4.39 Å². The van der Waals surface area contributed by atoms with E-state index >= 15 is 0 Å². The van der Waals surface area contributed by atoms with Crippen molar-refractivity contribution in [3.63, 3.8) is 0 Å². The van der Waals surface area contributed by atoms with E-state index in [0.29, 0.717) is 13.1 Å². The number of benzene rings is 1. The summed E-state index contributed by atoms with van der Waals surface area (Å²) in [6.07, 6.45) is 1.19. The van der Waals surface area contributed by atoms with E-state index in [1.807, 2.05) is 0 Å². The largest absolute Gasteiger partial charge is 0.505 e. The Bertz CT molecular complexity index is 671. The highest BCUT2D eigenvalue weighted by Crippen LogP contribution is 2.23. The lowest BCUT2D eigenvalue weighted by Gasteiger charge is -2.38. The predicted molar refractivity (Wildman–Crippen MR) is 72.6 cm³/mol. The summed E-state index contributed by atoms with van der Waals surface area (Å²) < 4.78 is 18.9. The first-order valence-corrected chi connectivity index (χ1v) is 6.49. The molecule has 1 aromatic carbocycles. The van der Waals surface area contributed by atoms with E-state index in [2.05, 4.69) is 4.98 Å². The van der Waals surface area contributed by atoms with Gasteiger partial charge in [-0.15, -0.1) is 0 Å². The first kappa shape index (κ1) is 13.4. The molecule has 3 rings (SSSR count).